The van der Waals surface area contributed by atoms with E-state index in [1.165, 1.54) is 0 Å². The Morgan fingerprint density at radius 2 is 2.03 bits per heavy atom. The van der Waals surface area contributed by atoms with E-state index in [4.69, 9.17) is 9.72 Å². The highest BCUT2D eigenvalue weighted by Crippen LogP contribution is 2.32. The van der Waals surface area contributed by atoms with E-state index in [1.54, 1.807) is 29.3 Å². The van der Waals surface area contributed by atoms with Crippen LogP contribution in [0.3, 0.4) is 0 Å². The summed E-state index contributed by atoms with van der Waals surface area (Å²) in [6.45, 7) is 7.10. The zero-order valence-corrected chi connectivity index (χ0v) is 20.6. The maximum atomic E-state index is 14.0. The number of benzene rings is 1. The highest BCUT2D eigenvalue weighted by atomic mass is 16.5. The number of phenols is 1. The fraction of sp³-hybridized carbons (Fsp3) is 0.444. The maximum Gasteiger partial charge on any atom is 0.258 e. The smallest absolute Gasteiger partial charge is 0.258 e. The molecule has 2 fully saturated rings. The Bertz CT molecular complexity index is 1220. The van der Waals surface area contributed by atoms with Gasteiger partial charge in [-0.15, -0.1) is 0 Å². The van der Waals surface area contributed by atoms with Crippen molar-refractivity contribution < 1.29 is 14.6 Å². The molecule has 5 rings (SSSR count). The second kappa shape index (κ2) is 9.79. The number of ether oxygens (including phenoxy) is 1. The van der Waals surface area contributed by atoms with Gasteiger partial charge < -0.3 is 25.0 Å². The van der Waals surface area contributed by atoms with Crippen LogP contribution in [0.15, 0.2) is 42.6 Å². The lowest BCUT2D eigenvalue weighted by atomic mass is 10.1. The molecular weight excluding hydrogens is 442 g/mol. The van der Waals surface area contributed by atoms with Gasteiger partial charge in [-0.05, 0) is 57.5 Å². The number of likely N-dealkylation sites (N-methyl/N-ethyl adjacent to an activating group) is 1. The number of aromatic nitrogens is 2. The number of nitrogens with zero attached hydrogens (tertiary/aromatic N) is 4. The van der Waals surface area contributed by atoms with Gasteiger partial charge in [-0.3, -0.25) is 9.78 Å². The van der Waals surface area contributed by atoms with Crippen LogP contribution in [-0.2, 0) is 4.74 Å². The molecule has 0 spiro atoms. The van der Waals surface area contributed by atoms with E-state index in [9.17, 15) is 9.90 Å². The Hall–Kier alpha value is -3.23. The summed E-state index contributed by atoms with van der Waals surface area (Å²) in [5.74, 6) is 0.112. The second-order valence-electron chi connectivity index (χ2n) is 9.77. The summed E-state index contributed by atoms with van der Waals surface area (Å²) in [6, 6.07) is 11.1. The van der Waals surface area contributed by atoms with Gasteiger partial charge in [0.05, 0.1) is 40.9 Å². The summed E-state index contributed by atoms with van der Waals surface area (Å²) in [5, 5.41) is 13.5. The number of amides is 1. The van der Waals surface area contributed by atoms with Crippen LogP contribution in [0.4, 0.5) is 5.69 Å². The molecule has 0 saturated carbocycles. The summed E-state index contributed by atoms with van der Waals surface area (Å²) in [4.78, 5) is 27.6. The Labute approximate surface area is 205 Å². The van der Waals surface area contributed by atoms with Crippen molar-refractivity contribution in [3.63, 3.8) is 0 Å². The van der Waals surface area contributed by atoms with E-state index in [0.717, 1.165) is 30.6 Å². The first-order chi connectivity index (χ1) is 16.9. The number of rotatable bonds is 5. The zero-order valence-electron chi connectivity index (χ0n) is 20.6. The van der Waals surface area contributed by atoms with E-state index in [1.807, 2.05) is 25.2 Å². The van der Waals surface area contributed by atoms with Gasteiger partial charge in [-0.1, -0.05) is 12.1 Å². The molecule has 2 aliphatic rings. The SMILES string of the molecule is CC1CN(c2cnc3ccc(-c4cccc(O)c4)nc3c2C(=O)N(C)C[C@@H]2CCCN2)CC(C)O1. The van der Waals surface area contributed by atoms with Crippen molar-refractivity contribution >= 4 is 22.6 Å². The summed E-state index contributed by atoms with van der Waals surface area (Å²) in [7, 11) is 1.86. The van der Waals surface area contributed by atoms with Gasteiger partial charge in [-0.2, -0.15) is 0 Å². The first-order valence-electron chi connectivity index (χ1n) is 12.4. The number of nitrogens with one attached hydrogen (secondary N) is 1. The first kappa shape index (κ1) is 23.5. The van der Waals surface area contributed by atoms with E-state index < -0.39 is 0 Å². The minimum Gasteiger partial charge on any atom is -0.508 e. The molecule has 1 aromatic carbocycles. The van der Waals surface area contributed by atoms with E-state index in [2.05, 4.69) is 29.0 Å². The van der Waals surface area contributed by atoms with E-state index in [0.29, 0.717) is 48.0 Å². The lowest BCUT2D eigenvalue weighted by Crippen LogP contribution is -2.46. The Balaban J connectivity index is 1.62. The summed E-state index contributed by atoms with van der Waals surface area (Å²) >= 11 is 0. The van der Waals surface area contributed by atoms with E-state index in [-0.39, 0.29) is 23.9 Å². The lowest BCUT2D eigenvalue weighted by Gasteiger charge is -2.37. The molecule has 35 heavy (non-hydrogen) atoms. The number of aromatic hydroxyl groups is 1. The number of carbonyl (C=O) groups excluding carboxylic acids is 1. The molecule has 2 aliphatic heterocycles. The molecule has 0 bridgehead atoms. The molecule has 2 aromatic heterocycles. The molecule has 3 atom stereocenters. The predicted molar refractivity (Wildman–Crippen MR) is 137 cm³/mol. The van der Waals surface area contributed by atoms with Gasteiger partial charge >= 0.3 is 0 Å². The third kappa shape index (κ3) is 4.94. The number of hydrogen-bond acceptors (Lipinski definition) is 7. The van der Waals surface area contributed by atoms with Gasteiger partial charge in [0.1, 0.15) is 11.3 Å². The van der Waals surface area contributed by atoms with Crippen LogP contribution in [0.2, 0.25) is 0 Å². The number of carbonyl (C=O) groups is 1. The molecule has 8 heteroatoms. The highest BCUT2D eigenvalue weighted by molar-refractivity contribution is 6.09. The van der Waals surface area contributed by atoms with Gasteiger partial charge in [-0.25, -0.2) is 4.98 Å². The monoisotopic (exact) mass is 475 g/mol. The average Bonchev–Trinajstić information content (AvgIpc) is 3.35. The maximum absolute atomic E-state index is 14.0. The van der Waals surface area contributed by atoms with Gasteiger partial charge in [0.25, 0.3) is 5.91 Å². The van der Waals surface area contributed by atoms with Crippen LogP contribution >= 0.6 is 0 Å². The van der Waals surface area contributed by atoms with Crippen molar-refractivity contribution in [3.8, 4) is 17.0 Å². The Kier molecular flexibility index (Phi) is 6.58. The van der Waals surface area contributed by atoms with Crippen LogP contribution in [0.5, 0.6) is 5.75 Å². The summed E-state index contributed by atoms with van der Waals surface area (Å²) < 4.78 is 5.94. The minimum absolute atomic E-state index is 0.0457. The van der Waals surface area contributed by atoms with Crippen LogP contribution in [0, 0.1) is 0 Å². The second-order valence-corrected chi connectivity index (χ2v) is 9.77. The number of hydrogen-bond donors (Lipinski definition) is 2. The number of morpholine rings is 1. The molecule has 0 radical (unpaired) electrons. The lowest BCUT2D eigenvalue weighted by molar-refractivity contribution is -0.00530. The molecule has 4 heterocycles. The quantitative estimate of drug-likeness (QED) is 0.584. The average molecular weight is 476 g/mol. The van der Waals surface area contributed by atoms with Crippen molar-refractivity contribution in [2.45, 2.75) is 44.9 Å². The van der Waals surface area contributed by atoms with Crippen molar-refractivity contribution in [1.82, 2.24) is 20.2 Å². The van der Waals surface area contributed by atoms with Gasteiger partial charge in [0.2, 0.25) is 0 Å². The normalized spacial score (nSPS) is 22.5. The van der Waals surface area contributed by atoms with Gasteiger partial charge in [0.15, 0.2) is 0 Å². The topological polar surface area (TPSA) is 90.8 Å². The third-order valence-corrected chi connectivity index (χ3v) is 6.81. The van der Waals surface area contributed by atoms with Crippen LogP contribution in [0.1, 0.15) is 37.0 Å². The number of anilines is 1. The number of pyridine rings is 2. The molecule has 2 unspecified atom stereocenters. The van der Waals surface area contributed by atoms with E-state index >= 15 is 0 Å². The van der Waals surface area contributed by atoms with Crippen LogP contribution < -0.4 is 10.2 Å². The molecule has 0 aliphatic carbocycles. The first-order valence-corrected chi connectivity index (χ1v) is 12.4. The minimum atomic E-state index is -0.0616. The molecule has 184 valence electrons. The van der Waals surface area contributed by atoms with Crippen molar-refractivity contribution in [3.05, 3.63) is 48.2 Å². The summed E-state index contributed by atoms with van der Waals surface area (Å²) in [6.07, 6.45) is 4.10. The third-order valence-electron chi connectivity index (χ3n) is 6.81. The molecule has 2 N–H and O–H groups in total. The zero-order chi connectivity index (χ0) is 24.5. The van der Waals surface area contributed by atoms with Crippen molar-refractivity contribution in [2.75, 3.05) is 38.1 Å². The number of fused-ring (bicyclic) bond motifs is 1. The van der Waals surface area contributed by atoms with Crippen molar-refractivity contribution in [1.29, 1.82) is 0 Å². The fourth-order valence-electron chi connectivity index (χ4n) is 5.22. The standard InChI is InChI=1S/C27H33N5O3/c1-17-14-32(15-18(2)35-17)24-13-29-23-10-9-22(19-6-4-8-21(33)12-19)30-26(23)25(24)27(34)31(3)16-20-7-5-11-28-20/h4,6,8-10,12-13,17-18,20,28,33H,5,7,11,14-16H2,1-3H3/t17?,18?,20-/m0/s1. The summed E-state index contributed by atoms with van der Waals surface area (Å²) in [5.41, 5.74) is 4.07. The largest absolute Gasteiger partial charge is 0.508 e. The Morgan fingerprint density at radius 3 is 2.74 bits per heavy atom. The molecule has 2 saturated heterocycles. The van der Waals surface area contributed by atoms with Crippen LogP contribution in [-0.4, -0.2) is 77.4 Å². The molecule has 1 amide bonds. The van der Waals surface area contributed by atoms with Crippen molar-refractivity contribution in [2.24, 2.45) is 0 Å². The predicted octanol–water partition coefficient (Wildman–Crippen LogP) is 3.44. The molecule has 8 nitrogen and oxygen atoms in total. The Morgan fingerprint density at radius 1 is 1.23 bits per heavy atom. The van der Waals surface area contributed by atoms with Crippen LogP contribution in [0.25, 0.3) is 22.3 Å². The molecule has 3 aromatic rings. The fourth-order valence-corrected chi connectivity index (χ4v) is 5.22. The molecular formula is C27H33N5O3. The van der Waals surface area contributed by atoms with Gasteiger partial charge in [0, 0.05) is 38.3 Å². The number of phenolic OH excluding ortho intramolecular Hbond substituents is 1. The highest BCUT2D eigenvalue weighted by Gasteiger charge is 2.30.